The molecule has 1 saturated heterocycles. The van der Waals surface area contributed by atoms with Gasteiger partial charge in [0, 0.05) is 13.1 Å². The fourth-order valence-electron chi connectivity index (χ4n) is 2.45. The van der Waals surface area contributed by atoms with E-state index in [1.165, 1.54) is 22.5 Å². The monoisotopic (exact) mass is 286 g/mol. The minimum Gasteiger partial charge on any atom is -0.330 e. The molecule has 1 aliphatic rings. The molecule has 4 nitrogen and oxygen atoms in total. The molecule has 6 heteroatoms. The van der Waals surface area contributed by atoms with E-state index in [1.807, 2.05) is 0 Å². The quantitative estimate of drug-likeness (QED) is 0.914. The topological polar surface area (TPSA) is 63.4 Å². The SMILES string of the molecule is NCCC1CCN(S(=O)(=O)c2cccc(F)c2)CC1. The van der Waals surface area contributed by atoms with Crippen molar-refractivity contribution in [3.8, 4) is 0 Å². The third-order valence-corrected chi connectivity index (χ3v) is 5.48. The zero-order chi connectivity index (χ0) is 13.9. The summed E-state index contributed by atoms with van der Waals surface area (Å²) in [5.41, 5.74) is 5.51. The van der Waals surface area contributed by atoms with Crippen molar-refractivity contribution in [2.75, 3.05) is 19.6 Å². The van der Waals surface area contributed by atoms with Gasteiger partial charge in [0.1, 0.15) is 5.82 Å². The van der Waals surface area contributed by atoms with Crippen LogP contribution in [-0.4, -0.2) is 32.4 Å². The zero-order valence-corrected chi connectivity index (χ0v) is 11.6. The Morgan fingerprint density at radius 3 is 2.58 bits per heavy atom. The third kappa shape index (κ3) is 3.32. The summed E-state index contributed by atoms with van der Waals surface area (Å²) in [6, 6.07) is 5.17. The van der Waals surface area contributed by atoms with E-state index >= 15 is 0 Å². The Labute approximate surface area is 113 Å². The Morgan fingerprint density at radius 2 is 2.00 bits per heavy atom. The molecular weight excluding hydrogens is 267 g/mol. The van der Waals surface area contributed by atoms with E-state index in [0.29, 0.717) is 25.6 Å². The van der Waals surface area contributed by atoms with E-state index in [1.54, 1.807) is 0 Å². The maximum Gasteiger partial charge on any atom is 0.243 e. The maximum absolute atomic E-state index is 13.1. The van der Waals surface area contributed by atoms with E-state index in [0.717, 1.165) is 25.3 Å². The van der Waals surface area contributed by atoms with E-state index in [-0.39, 0.29) is 4.90 Å². The van der Waals surface area contributed by atoms with Gasteiger partial charge < -0.3 is 5.73 Å². The highest BCUT2D eigenvalue weighted by molar-refractivity contribution is 7.89. The first-order valence-electron chi connectivity index (χ1n) is 6.50. The fraction of sp³-hybridized carbons (Fsp3) is 0.538. The van der Waals surface area contributed by atoms with Gasteiger partial charge in [0.05, 0.1) is 4.90 Å². The number of hydrogen-bond donors (Lipinski definition) is 1. The molecule has 0 bridgehead atoms. The molecule has 106 valence electrons. The summed E-state index contributed by atoms with van der Waals surface area (Å²) in [7, 11) is -3.56. The van der Waals surface area contributed by atoms with Gasteiger partial charge in [-0.05, 0) is 49.9 Å². The predicted octanol–water partition coefficient (Wildman–Crippen LogP) is 1.58. The number of nitrogens with zero attached hydrogens (tertiary/aromatic N) is 1. The normalized spacial score (nSPS) is 18.6. The molecule has 0 aromatic heterocycles. The van der Waals surface area contributed by atoms with E-state index < -0.39 is 15.8 Å². The van der Waals surface area contributed by atoms with Crippen molar-refractivity contribution in [1.82, 2.24) is 4.31 Å². The van der Waals surface area contributed by atoms with Gasteiger partial charge >= 0.3 is 0 Å². The van der Waals surface area contributed by atoms with Gasteiger partial charge in [-0.15, -0.1) is 0 Å². The molecule has 0 unspecified atom stereocenters. The summed E-state index contributed by atoms with van der Waals surface area (Å²) in [5, 5.41) is 0. The molecule has 0 atom stereocenters. The molecule has 0 aliphatic carbocycles. The molecule has 0 spiro atoms. The molecule has 1 aliphatic heterocycles. The smallest absolute Gasteiger partial charge is 0.243 e. The molecule has 0 amide bonds. The van der Waals surface area contributed by atoms with Gasteiger partial charge in [0.2, 0.25) is 10.0 Å². The van der Waals surface area contributed by atoms with Crippen molar-refractivity contribution in [2.24, 2.45) is 11.7 Å². The molecule has 0 radical (unpaired) electrons. The van der Waals surface area contributed by atoms with Crippen LogP contribution in [0.25, 0.3) is 0 Å². The van der Waals surface area contributed by atoms with Crippen LogP contribution < -0.4 is 5.73 Å². The number of sulfonamides is 1. The van der Waals surface area contributed by atoms with E-state index in [4.69, 9.17) is 5.73 Å². The van der Waals surface area contributed by atoms with Gasteiger partial charge in [-0.1, -0.05) is 6.07 Å². The first kappa shape index (κ1) is 14.4. The summed E-state index contributed by atoms with van der Waals surface area (Å²) < 4.78 is 39.2. The zero-order valence-electron chi connectivity index (χ0n) is 10.8. The van der Waals surface area contributed by atoms with Gasteiger partial charge in [-0.25, -0.2) is 12.8 Å². The van der Waals surface area contributed by atoms with Crippen LogP contribution in [0.2, 0.25) is 0 Å². The Balaban J connectivity index is 2.10. The second kappa shape index (κ2) is 5.98. The average molecular weight is 286 g/mol. The van der Waals surface area contributed by atoms with Crippen LogP contribution in [0, 0.1) is 11.7 Å². The molecule has 2 rings (SSSR count). The highest BCUT2D eigenvalue weighted by Gasteiger charge is 2.29. The first-order chi connectivity index (χ1) is 9.04. The number of benzene rings is 1. The average Bonchev–Trinajstić information content (AvgIpc) is 2.40. The first-order valence-corrected chi connectivity index (χ1v) is 7.94. The molecule has 2 N–H and O–H groups in total. The van der Waals surface area contributed by atoms with Crippen molar-refractivity contribution in [2.45, 2.75) is 24.2 Å². The fourth-order valence-corrected chi connectivity index (χ4v) is 3.95. The third-order valence-electron chi connectivity index (χ3n) is 3.58. The second-order valence-electron chi connectivity index (χ2n) is 4.88. The lowest BCUT2D eigenvalue weighted by Crippen LogP contribution is -2.38. The number of piperidine rings is 1. The highest BCUT2D eigenvalue weighted by atomic mass is 32.2. The van der Waals surface area contributed by atoms with Crippen molar-refractivity contribution in [3.05, 3.63) is 30.1 Å². The molecule has 19 heavy (non-hydrogen) atoms. The van der Waals surface area contributed by atoms with Crippen LogP contribution in [0.15, 0.2) is 29.2 Å². The summed E-state index contributed by atoms with van der Waals surface area (Å²) in [6.07, 6.45) is 2.59. The van der Waals surface area contributed by atoms with E-state index in [9.17, 15) is 12.8 Å². The van der Waals surface area contributed by atoms with Crippen LogP contribution >= 0.6 is 0 Å². The van der Waals surface area contributed by atoms with Crippen LogP contribution in [-0.2, 0) is 10.0 Å². The van der Waals surface area contributed by atoms with Crippen LogP contribution in [0.5, 0.6) is 0 Å². The Kier molecular flexibility index (Phi) is 4.54. The van der Waals surface area contributed by atoms with Gasteiger partial charge in [0.15, 0.2) is 0 Å². The summed E-state index contributed by atoms with van der Waals surface area (Å²) >= 11 is 0. The number of hydrogen-bond acceptors (Lipinski definition) is 3. The minimum absolute atomic E-state index is 0.0322. The van der Waals surface area contributed by atoms with Crippen molar-refractivity contribution < 1.29 is 12.8 Å². The number of halogens is 1. The standard InChI is InChI=1S/C13H19FN2O2S/c14-12-2-1-3-13(10-12)19(17,18)16-8-5-11(4-7-15)6-9-16/h1-3,10-11H,4-9,15H2. The van der Waals surface area contributed by atoms with Crippen LogP contribution in [0.4, 0.5) is 4.39 Å². The van der Waals surface area contributed by atoms with Crippen molar-refractivity contribution in [3.63, 3.8) is 0 Å². The van der Waals surface area contributed by atoms with Crippen LogP contribution in [0.1, 0.15) is 19.3 Å². The van der Waals surface area contributed by atoms with Crippen LogP contribution in [0.3, 0.4) is 0 Å². The minimum atomic E-state index is -3.56. The number of rotatable bonds is 4. The lowest BCUT2D eigenvalue weighted by molar-refractivity contribution is 0.265. The predicted molar refractivity (Wildman–Crippen MR) is 71.6 cm³/mol. The molecule has 1 heterocycles. The van der Waals surface area contributed by atoms with Gasteiger partial charge in [-0.2, -0.15) is 4.31 Å². The van der Waals surface area contributed by atoms with Gasteiger partial charge in [0.25, 0.3) is 0 Å². The Morgan fingerprint density at radius 1 is 1.32 bits per heavy atom. The molecule has 0 saturated carbocycles. The lowest BCUT2D eigenvalue weighted by Gasteiger charge is -2.31. The molecule has 1 aromatic rings. The molecular formula is C13H19FN2O2S. The maximum atomic E-state index is 13.1. The van der Waals surface area contributed by atoms with Gasteiger partial charge in [-0.3, -0.25) is 0 Å². The highest BCUT2D eigenvalue weighted by Crippen LogP contribution is 2.25. The lowest BCUT2D eigenvalue weighted by atomic mass is 9.95. The molecule has 1 fully saturated rings. The van der Waals surface area contributed by atoms with E-state index in [2.05, 4.69) is 0 Å². The summed E-state index contributed by atoms with van der Waals surface area (Å²) in [5.74, 6) is -0.0250. The number of nitrogens with two attached hydrogens (primary N) is 1. The Hall–Kier alpha value is -0.980. The van der Waals surface area contributed by atoms with Crippen molar-refractivity contribution in [1.29, 1.82) is 0 Å². The van der Waals surface area contributed by atoms with Crippen molar-refractivity contribution >= 4 is 10.0 Å². The largest absolute Gasteiger partial charge is 0.330 e. The summed E-state index contributed by atoms with van der Waals surface area (Å²) in [4.78, 5) is 0.0322. The Bertz CT molecular complexity index is 525. The summed E-state index contributed by atoms with van der Waals surface area (Å²) in [6.45, 7) is 1.62. The molecule has 1 aromatic carbocycles. The second-order valence-corrected chi connectivity index (χ2v) is 6.82.